The van der Waals surface area contributed by atoms with E-state index in [1.54, 1.807) is 12.1 Å². The molecule has 0 spiro atoms. The minimum absolute atomic E-state index is 0.124. The fourth-order valence-corrected chi connectivity index (χ4v) is 6.42. The maximum Gasteiger partial charge on any atom is 0.225 e. The van der Waals surface area contributed by atoms with Gasteiger partial charge in [0.25, 0.3) is 0 Å². The molecule has 172 valence electrons. The summed E-state index contributed by atoms with van der Waals surface area (Å²) < 4.78 is 40.8. The van der Waals surface area contributed by atoms with E-state index in [-0.39, 0.29) is 23.1 Å². The van der Waals surface area contributed by atoms with E-state index < -0.39 is 15.8 Å². The number of sulfonamides is 1. The van der Waals surface area contributed by atoms with Crippen molar-refractivity contribution >= 4 is 15.9 Å². The molecule has 2 aliphatic heterocycles. The van der Waals surface area contributed by atoms with E-state index in [2.05, 4.69) is 24.3 Å². The number of likely N-dealkylation sites (tertiary alicyclic amines) is 1. The molecule has 2 aromatic rings. The van der Waals surface area contributed by atoms with Crippen molar-refractivity contribution in [3.05, 3.63) is 71.5 Å². The summed E-state index contributed by atoms with van der Waals surface area (Å²) in [6, 6.07) is 16.4. The molecule has 0 N–H and O–H groups in total. The Morgan fingerprint density at radius 1 is 0.875 bits per heavy atom. The summed E-state index contributed by atoms with van der Waals surface area (Å²) in [6.45, 7) is 2.19. The fourth-order valence-electron chi connectivity index (χ4n) is 4.85. The molecule has 2 aromatic carbocycles. The number of amides is 1. The quantitative estimate of drug-likeness (QED) is 0.661. The molecule has 0 atom stereocenters. The third kappa shape index (κ3) is 5.56. The van der Waals surface area contributed by atoms with E-state index in [4.69, 9.17) is 0 Å². The summed E-state index contributed by atoms with van der Waals surface area (Å²) >= 11 is 0. The Morgan fingerprint density at radius 2 is 1.50 bits per heavy atom. The number of hydrogen-bond acceptors (Lipinski definition) is 3. The van der Waals surface area contributed by atoms with Crippen LogP contribution in [0.1, 0.15) is 36.8 Å². The van der Waals surface area contributed by atoms with Crippen LogP contribution in [-0.2, 0) is 27.0 Å². The maximum absolute atomic E-state index is 13.9. The normalized spacial score (nSPS) is 19.2. The van der Waals surface area contributed by atoms with Crippen LogP contribution in [0.4, 0.5) is 4.39 Å². The van der Waals surface area contributed by atoms with Gasteiger partial charge in [-0.2, -0.15) is 0 Å². The Bertz CT molecular complexity index is 1010. The highest BCUT2D eigenvalue weighted by Gasteiger charge is 2.34. The Balaban J connectivity index is 1.25. The van der Waals surface area contributed by atoms with Crippen LogP contribution in [0.25, 0.3) is 0 Å². The molecule has 2 saturated heterocycles. The summed E-state index contributed by atoms with van der Waals surface area (Å²) in [5.74, 6) is -0.203. The second kappa shape index (κ2) is 10.1. The number of piperidine rings is 2. The lowest BCUT2D eigenvalue weighted by molar-refractivity contribution is -0.138. The SMILES string of the molecule is O=C(C1CCN(S(=O)(=O)Cc2ccccc2F)CC1)N1CCC(Cc2ccccc2)CC1. The third-order valence-corrected chi connectivity index (χ3v) is 8.61. The molecule has 0 saturated carbocycles. The van der Waals surface area contributed by atoms with Crippen molar-refractivity contribution in [2.75, 3.05) is 26.2 Å². The van der Waals surface area contributed by atoms with E-state index in [9.17, 15) is 17.6 Å². The van der Waals surface area contributed by atoms with Gasteiger partial charge in [-0.15, -0.1) is 0 Å². The number of carbonyl (C=O) groups is 1. The Morgan fingerprint density at radius 3 is 2.16 bits per heavy atom. The van der Waals surface area contributed by atoms with Crippen molar-refractivity contribution < 1.29 is 17.6 Å². The standard InChI is InChI=1S/C25H31FN2O3S/c26-24-9-5-4-8-23(24)19-32(30,31)28-16-12-22(13-17-28)25(29)27-14-10-21(11-15-27)18-20-6-2-1-3-7-20/h1-9,21-22H,10-19H2. The Hall–Kier alpha value is -2.25. The molecule has 32 heavy (non-hydrogen) atoms. The predicted octanol–water partition coefficient (Wildman–Crippen LogP) is 3.85. The maximum atomic E-state index is 13.9. The number of halogens is 1. The molecule has 1 amide bonds. The van der Waals surface area contributed by atoms with Gasteiger partial charge in [-0.25, -0.2) is 17.1 Å². The zero-order chi connectivity index (χ0) is 22.6. The second-order valence-corrected chi connectivity index (χ2v) is 10.9. The van der Waals surface area contributed by atoms with Crippen LogP contribution in [0.3, 0.4) is 0 Å². The molecule has 4 rings (SSSR count). The molecule has 2 aliphatic rings. The fraction of sp³-hybridized carbons (Fsp3) is 0.480. The van der Waals surface area contributed by atoms with Crippen molar-refractivity contribution in [2.24, 2.45) is 11.8 Å². The molecule has 2 fully saturated rings. The van der Waals surface area contributed by atoms with Gasteiger partial charge in [0.05, 0.1) is 5.75 Å². The number of hydrogen-bond donors (Lipinski definition) is 0. The van der Waals surface area contributed by atoms with Crippen LogP contribution in [-0.4, -0.2) is 49.7 Å². The molecule has 0 radical (unpaired) electrons. The van der Waals surface area contributed by atoms with Gasteiger partial charge in [0.2, 0.25) is 15.9 Å². The molecule has 7 heteroatoms. The molecule has 0 bridgehead atoms. The van der Waals surface area contributed by atoms with Crippen molar-refractivity contribution in [2.45, 2.75) is 37.9 Å². The molecular weight excluding hydrogens is 427 g/mol. The summed E-state index contributed by atoms with van der Waals surface area (Å²) in [7, 11) is -3.60. The molecule has 0 unspecified atom stereocenters. The predicted molar refractivity (Wildman–Crippen MR) is 123 cm³/mol. The van der Waals surface area contributed by atoms with Crippen molar-refractivity contribution in [1.29, 1.82) is 0 Å². The lowest BCUT2D eigenvalue weighted by atomic mass is 9.89. The lowest BCUT2D eigenvalue weighted by Gasteiger charge is -2.37. The van der Waals surface area contributed by atoms with Crippen molar-refractivity contribution in [3.63, 3.8) is 0 Å². The zero-order valence-electron chi connectivity index (χ0n) is 18.3. The Kier molecular flexibility index (Phi) is 7.26. The van der Waals surface area contributed by atoms with E-state index in [1.165, 1.54) is 22.0 Å². The average molecular weight is 459 g/mol. The highest BCUT2D eigenvalue weighted by molar-refractivity contribution is 7.88. The smallest absolute Gasteiger partial charge is 0.225 e. The first-order chi connectivity index (χ1) is 15.4. The number of carbonyl (C=O) groups excluding carboxylic acids is 1. The van der Waals surface area contributed by atoms with Gasteiger partial charge in [0, 0.05) is 37.7 Å². The van der Waals surface area contributed by atoms with E-state index in [1.807, 2.05) is 11.0 Å². The van der Waals surface area contributed by atoms with Crippen LogP contribution in [0.15, 0.2) is 54.6 Å². The van der Waals surface area contributed by atoms with Crippen LogP contribution < -0.4 is 0 Å². The van der Waals surface area contributed by atoms with E-state index in [0.717, 1.165) is 32.4 Å². The van der Waals surface area contributed by atoms with Crippen LogP contribution in [0.2, 0.25) is 0 Å². The first-order valence-electron chi connectivity index (χ1n) is 11.5. The van der Waals surface area contributed by atoms with Gasteiger partial charge >= 0.3 is 0 Å². The molecule has 5 nitrogen and oxygen atoms in total. The van der Waals surface area contributed by atoms with Crippen LogP contribution in [0, 0.1) is 17.7 Å². The minimum Gasteiger partial charge on any atom is -0.342 e. The first-order valence-corrected chi connectivity index (χ1v) is 13.1. The van der Waals surface area contributed by atoms with Gasteiger partial charge in [0.1, 0.15) is 5.82 Å². The summed E-state index contributed by atoms with van der Waals surface area (Å²) in [6.07, 6.45) is 4.13. The molecular formula is C25H31FN2O3S. The molecule has 2 heterocycles. The third-order valence-electron chi connectivity index (χ3n) is 6.79. The highest BCUT2D eigenvalue weighted by Crippen LogP contribution is 2.27. The first kappa shape index (κ1) is 22.9. The minimum atomic E-state index is -3.60. The van der Waals surface area contributed by atoms with Gasteiger partial charge in [-0.3, -0.25) is 4.79 Å². The monoisotopic (exact) mass is 458 g/mol. The largest absolute Gasteiger partial charge is 0.342 e. The molecule has 0 aromatic heterocycles. The average Bonchev–Trinajstić information content (AvgIpc) is 2.81. The van der Waals surface area contributed by atoms with Gasteiger partial charge in [0.15, 0.2) is 0 Å². The molecule has 0 aliphatic carbocycles. The van der Waals surface area contributed by atoms with Crippen molar-refractivity contribution in [1.82, 2.24) is 9.21 Å². The second-order valence-electron chi connectivity index (χ2n) is 8.98. The van der Waals surface area contributed by atoms with Crippen molar-refractivity contribution in [3.8, 4) is 0 Å². The van der Waals surface area contributed by atoms with Gasteiger partial charge in [-0.1, -0.05) is 48.5 Å². The van der Waals surface area contributed by atoms with Gasteiger partial charge in [-0.05, 0) is 49.7 Å². The van der Waals surface area contributed by atoms with Crippen LogP contribution >= 0.6 is 0 Å². The van der Waals surface area contributed by atoms with E-state index in [0.29, 0.717) is 31.8 Å². The Labute approximate surface area is 190 Å². The highest BCUT2D eigenvalue weighted by atomic mass is 32.2. The van der Waals surface area contributed by atoms with Crippen LogP contribution in [0.5, 0.6) is 0 Å². The van der Waals surface area contributed by atoms with E-state index >= 15 is 0 Å². The van der Waals surface area contributed by atoms with Gasteiger partial charge < -0.3 is 4.90 Å². The topological polar surface area (TPSA) is 57.7 Å². The number of benzene rings is 2. The summed E-state index contributed by atoms with van der Waals surface area (Å²) in [5, 5.41) is 0. The summed E-state index contributed by atoms with van der Waals surface area (Å²) in [4.78, 5) is 15.0. The lowest BCUT2D eigenvalue weighted by Crippen LogP contribution is -2.46. The number of rotatable bonds is 6. The number of nitrogens with zero attached hydrogens (tertiary/aromatic N) is 2. The summed E-state index contributed by atoms with van der Waals surface area (Å²) in [5.41, 5.74) is 1.53. The zero-order valence-corrected chi connectivity index (χ0v) is 19.1.